The molecule has 2 aliphatic heterocycles. The molecule has 2 rings (SSSR count). The lowest BCUT2D eigenvalue weighted by atomic mass is 9.96. The van der Waals surface area contributed by atoms with Crippen molar-refractivity contribution in [3.05, 3.63) is 12.2 Å². The molecule has 30 heavy (non-hydrogen) atoms. The van der Waals surface area contributed by atoms with Crippen LogP contribution in [0.4, 0.5) is 0 Å². The first-order valence-corrected chi connectivity index (χ1v) is 12.4. The second-order valence-corrected chi connectivity index (χ2v) is 10.1. The van der Waals surface area contributed by atoms with Gasteiger partial charge in [0.25, 0.3) is 0 Å². The molecule has 0 aliphatic carbocycles. The number of allylic oxidation sites excluding steroid dienone is 1. The van der Waals surface area contributed by atoms with Gasteiger partial charge in [-0.2, -0.15) is 0 Å². The van der Waals surface area contributed by atoms with Crippen molar-refractivity contribution in [2.24, 2.45) is 5.92 Å². The fourth-order valence-electron chi connectivity index (χ4n) is 3.04. The zero-order valence-corrected chi connectivity index (χ0v) is 18.7. The molecule has 9 nitrogen and oxygen atoms in total. The average Bonchev–Trinajstić information content (AvgIpc) is 2.67. The van der Waals surface area contributed by atoms with Gasteiger partial charge in [0.05, 0.1) is 31.5 Å². The summed E-state index contributed by atoms with van der Waals surface area (Å²) >= 11 is 0. The summed E-state index contributed by atoms with van der Waals surface area (Å²) < 4.78 is 5.39. The van der Waals surface area contributed by atoms with Crippen LogP contribution in [-0.2, 0) is 23.9 Å². The predicted molar refractivity (Wildman–Crippen MR) is 116 cm³/mol. The summed E-state index contributed by atoms with van der Waals surface area (Å²) in [5.41, 5.74) is 0. The number of amides is 3. The number of aliphatic hydroxyl groups excluding tert-OH is 1. The first-order chi connectivity index (χ1) is 14.3. The summed E-state index contributed by atoms with van der Waals surface area (Å²) in [6.07, 6.45) is 1.75. The van der Waals surface area contributed by atoms with E-state index in [2.05, 4.69) is 16.0 Å². The smallest absolute Gasteiger partial charge is 0.309 e. The summed E-state index contributed by atoms with van der Waals surface area (Å²) in [7, 11) is 3.02. The predicted octanol–water partition coefficient (Wildman–Crippen LogP) is 0.136. The number of nitrogens with one attached hydrogen (secondary N) is 3. The summed E-state index contributed by atoms with van der Waals surface area (Å²) in [6, 6.07) is -1.54. The monoisotopic (exact) mass is 459 g/mol. The molecule has 2 aliphatic rings. The minimum atomic E-state index is -1.17. The van der Waals surface area contributed by atoms with Crippen LogP contribution >= 0.6 is 21.6 Å². The third-order valence-electron chi connectivity index (χ3n) is 4.62. The molecule has 11 heteroatoms. The fraction of sp³-hybridized carbons (Fsp3) is 0.684. The van der Waals surface area contributed by atoms with Crippen molar-refractivity contribution in [3.8, 4) is 0 Å². The summed E-state index contributed by atoms with van der Waals surface area (Å²) in [5, 5.41) is 18.5. The molecule has 3 amide bonds. The Morgan fingerprint density at radius 3 is 2.60 bits per heavy atom. The minimum absolute atomic E-state index is 0.137. The van der Waals surface area contributed by atoms with E-state index < -0.39 is 48.0 Å². The number of carbonyl (C=O) groups is 4. The van der Waals surface area contributed by atoms with E-state index in [1.165, 1.54) is 10.8 Å². The van der Waals surface area contributed by atoms with Crippen molar-refractivity contribution in [1.82, 2.24) is 16.0 Å². The van der Waals surface area contributed by atoms with Gasteiger partial charge < -0.3 is 25.8 Å². The number of hydrogen-bond donors (Lipinski definition) is 4. The molecule has 168 valence electrons. The van der Waals surface area contributed by atoms with Gasteiger partial charge in [0.15, 0.2) is 0 Å². The lowest BCUT2D eigenvalue weighted by Crippen LogP contribution is -2.56. The van der Waals surface area contributed by atoms with Gasteiger partial charge in [0.2, 0.25) is 17.7 Å². The number of aliphatic hydroxyl groups is 1. The zero-order valence-electron chi connectivity index (χ0n) is 17.1. The van der Waals surface area contributed by atoms with Crippen LogP contribution in [0, 0.1) is 5.92 Å². The van der Waals surface area contributed by atoms with Gasteiger partial charge in [-0.15, -0.1) is 0 Å². The Bertz CT molecular complexity index is 673. The van der Waals surface area contributed by atoms with Crippen molar-refractivity contribution in [1.29, 1.82) is 0 Å². The number of fused-ring (bicyclic) bond motifs is 7. The zero-order chi connectivity index (χ0) is 22.1. The average molecular weight is 460 g/mol. The molecule has 0 radical (unpaired) electrons. The van der Waals surface area contributed by atoms with Crippen LogP contribution in [0.25, 0.3) is 0 Å². The van der Waals surface area contributed by atoms with Gasteiger partial charge in [-0.25, -0.2) is 0 Å². The molecule has 1 fully saturated rings. The Morgan fingerprint density at radius 2 is 1.87 bits per heavy atom. The van der Waals surface area contributed by atoms with Crippen LogP contribution in [0.2, 0.25) is 0 Å². The van der Waals surface area contributed by atoms with Crippen LogP contribution in [0.3, 0.4) is 0 Å². The van der Waals surface area contributed by atoms with Crippen LogP contribution < -0.4 is 16.0 Å². The van der Waals surface area contributed by atoms with Crippen molar-refractivity contribution in [2.45, 2.75) is 57.4 Å². The number of esters is 1. The molecule has 1 saturated heterocycles. The van der Waals surface area contributed by atoms with Crippen molar-refractivity contribution < 1.29 is 29.0 Å². The summed E-state index contributed by atoms with van der Waals surface area (Å²) in [6.45, 7) is 3.34. The van der Waals surface area contributed by atoms with Crippen molar-refractivity contribution >= 4 is 45.3 Å². The molecule has 4 N–H and O–H groups in total. The van der Waals surface area contributed by atoms with E-state index in [1.807, 2.05) is 19.9 Å². The van der Waals surface area contributed by atoms with Gasteiger partial charge in [0.1, 0.15) is 12.1 Å². The number of hydrogen-bond acceptors (Lipinski definition) is 8. The number of rotatable bonds is 1. The van der Waals surface area contributed by atoms with E-state index in [0.29, 0.717) is 12.2 Å². The Balaban J connectivity index is 2.36. The molecule has 0 aromatic rings. The quantitative estimate of drug-likeness (QED) is 0.247. The second-order valence-electron chi connectivity index (χ2n) is 7.50. The lowest BCUT2D eigenvalue weighted by molar-refractivity contribution is -0.151. The fourth-order valence-corrected chi connectivity index (χ4v) is 5.19. The van der Waals surface area contributed by atoms with Gasteiger partial charge in [-0.3, -0.25) is 19.2 Å². The van der Waals surface area contributed by atoms with Crippen LogP contribution in [-0.4, -0.2) is 71.1 Å². The van der Waals surface area contributed by atoms with Crippen LogP contribution in [0.1, 0.15) is 33.1 Å². The van der Waals surface area contributed by atoms with Crippen molar-refractivity contribution in [3.63, 3.8) is 0 Å². The van der Waals surface area contributed by atoms with E-state index >= 15 is 0 Å². The molecular weight excluding hydrogens is 430 g/mol. The second kappa shape index (κ2) is 12.2. The highest BCUT2D eigenvalue weighted by atomic mass is 33.1. The van der Waals surface area contributed by atoms with Gasteiger partial charge in [-0.05, 0) is 18.4 Å². The highest BCUT2D eigenvalue weighted by Gasteiger charge is 2.31. The summed E-state index contributed by atoms with van der Waals surface area (Å²) in [4.78, 5) is 49.7. The Morgan fingerprint density at radius 1 is 1.10 bits per heavy atom. The molecular formula is C19H29N3O6S2. The lowest BCUT2D eigenvalue weighted by Gasteiger charge is -2.29. The molecule has 0 aromatic carbocycles. The van der Waals surface area contributed by atoms with Gasteiger partial charge in [0, 0.05) is 11.5 Å². The normalized spacial score (nSPS) is 31.3. The third kappa shape index (κ3) is 8.19. The van der Waals surface area contributed by atoms with Crippen LogP contribution in [0.5, 0.6) is 0 Å². The third-order valence-corrected chi connectivity index (χ3v) is 7.07. The molecule has 2 bridgehead atoms. The van der Waals surface area contributed by atoms with Crippen LogP contribution in [0.15, 0.2) is 12.2 Å². The largest absolute Gasteiger partial charge is 0.457 e. The van der Waals surface area contributed by atoms with Gasteiger partial charge >= 0.3 is 5.97 Å². The highest BCUT2D eigenvalue weighted by Crippen LogP contribution is 2.24. The summed E-state index contributed by atoms with van der Waals surface area (Å²) in [5.74, 6) is -1.15. The Labute approximate surface area is 183 Å². The van der Waals surface area contributed by atoms with Gasteiger partial charge in [-0.1, -0.05) is 41.5 Å². The number of carbonyl (C=O) groups excluding carboxylic acids is 4. The Kier molecular flexibility index (Phi) is 9.99. The molecule has 0 aromatic heterocycles. The Hall–Kier alpha value is -1.72. The van der Waals surface area contributed by atoms with E-state index in [0.717, 1.165) is 5.75 Å². The molecule has 0 spiro atoms. The maximum absolute atomic E-state index is 12.9. The number of ether oxygens (including phenoxy) is 1. The standard InChI is InChI=1S/C19H29N3O6S2/c1-11(2)18-14(23)8-17(26)28-12-5-3-4-6-29-30-10-13(19(27)22-18)21-16(25)9-20-15(24)7-12/h3,5,11-14,18,23H,4,6-10H2,1-2H3,(H,20,24)(H,21,25)(H,22,27)/b5-3+/t12-,13-,14+,18-/m1/s1. The highest BCUT2D eigenvalue weighted by molar-refractivity contribution is 8.76. The maximum Gasteiger partial charge on any atom is 0.309 e. The minimum Gasteiger partial charge on any atom is -0.457 e. The van der Waals surface area contributed by atoms with E-state index in [9.17, 15) is 24.3 Å². The topological polar surface area (TPSA) is 134 Å². The molecule has 2 heterocycles. The van der Waals surface area contributed by atoms with E-state index in [-0.39, 0.29) is 25.3 Å². The first kappa shape index (κ1) is 24.5. The molecule has 0 unspecified atom stereocenters. The maximum atomic E-state index is 12.9. The SMILES string of the molecule is CC(C)[C@H]1NC(=O)[C@H]2CSSCC/C=C/[C@H](CC(=O)NCC(=O)N2)OC(=O)C[C@@H]1O. The molecule has 0 saturated carbocycles. The van der Waals surface area contributed by atoms with E-state index in [1.54, 1.807) is 16.9 Å². The first-order valence-electron chi connectivity index (χ1n) is 9.91. The van der Waals surface area contributed by atoms with Crippen molar-refractivity contribution in [2.75, 3.05) is 18.1 Å². The molecule has 4 atom stereocenters. The van der Waals surface area contributed by atoms with E-state index in [4.69, 9.17) is 4.74 Å².